The summed E-state index contributed by atoms with van der Waals surface area (Å²) >= 11 is 0. The van der Waals surface area contributed by atoms with Crippen LogP contribution in [0.25, 0.3) is 0 Å². The minimum atomic E-state index is -0.371. The number of aliphatic hydroxyl groups is 1. The van der Waals surface area contributed by atoms with E-state index in [9.17, 15) is 9.90 Å². The molecule has 0 saturated heterocycles. The number of rotatable bonds is 2. The molecule has 2 unspecified atom stereocenters. The quantitative estimate of drug-likeness (QED) is 0.650. The fraction of sp³-hybridized carbons (Fsp3) is 0.929. The van der Waals surface area contributed by atoms with Crippen LogP contribution in [0.2, 0.25) is 0 Å². The molecule has 0 aliphatic heterocycles. The molecule has 4 atom stereocenters. The smallest absolute Gasteiger partial charge is 0.224 e. The third kappa shape index (κ3) is 3.45. The second kappa shape index (κ2) is 6.53. The number of amides is 1. The van der Waals surface area contributed by atoms with Gasteiger partial charge < -0.3 is 16.2 Å². The van der Waals surface area contributed by atoms with E-state index in [1.807, 2.05) is 0 Å². The van der Waals surface area contributed by atoms with Gasteiger partial charge in [-0.15, -0.1) is 0 Å². The monoisotopic (exact) mass is 254 g/mol. The number of carbonyl (C=O) groups is 1. The van der Waals surface area contributed by atoms with Gasteiger partial charge in [-0.1, -0.05) is 32.1 Å². The van der Waals surface area contributed by atoms with Crippen LogP contribution < -0.4 is 11.1 Å². The highest BCUT2D eigenvalue weighted by molar-refractivity contribution is 5.79. The molecule has 4 nitrogen and oxygen atoms in total. The van der Waals surface area contributed by atoms with Crippen LogP contribution in [0.3, 0.4) is 0 Å². The maximum Gasteiger partial charge on any atom is 0.224 e. The van der Waals surface area contributed by atoms with Crippen molar-refractivity contribution in [3.63, 3.8) is 0 Å². The first-order chi connectivity index (χ1) is 8.68. The zero-order valence-electron chi connectivity index (χ0n) is 11.1. The van der Waals surface area contributed by atoms with Gasteiger partial charge in [-0.25, -0.2) is 0 Å². The van der Waals surface area contributed by atoms with Gasteiger partial charge in [0, 0.05) is 6.04 Å². The van der Waals surface area contributed by atoms with Crippen LogP contribution in [0.1, 0.15) is 57.8 Å². The molecule has 0 aromatic rings. The first-order valence-corrected chi connectivity index (χ1v) is 7.42. The second-order valence-electron chi connectivity index (χ2n) is 5.88. The summed E-state index contributed by atoms with van der Waals surface area (Å²) in [4.78, 5) is 12.3. The maximum absolute atomic E-state index is 12.3. The van der Waals surface area contributed by atoms with Gasteiger partial charge in [0.2, 0.25) is 5.91 Å². The van der Waals surface area contributed by atoms with Crippen molar-refractivity contribution in [1.82, 2.24) is 5.32 Å². The molecule has 0 aromatic heterocycles. The van der Waals surface area contributed by atoms with Crippen molar-refractivity contribution < 1.29 is 9.90 Å². The van der Waals surface area contributed by atoms with Crippen LogP contribution in [-0.4, -0.2) is 29.2 Å². The van der Waals surface area contributed by atoms with Crippen molar-refractivity contribution in [2.45, 2.75) is 76.0 Å². The second-order valence-corrected chi connectivity index (χ2v) is 5.88. The van der Waals surface area contributed by atoms with E-state index >= 15 is 0 Å². The highest BCUT2D eigenvalue weighted by Crippen LogP contribution is 2.24. The molecule has 4 N–H and O–H groups in total. The lowest BCUT2D eigenvalue weighted by atomic mass is 9.90. The van der Waals surface area contributed by atoms with Gasteiger partial charge in [0.15, 0.2) is 0 Å². The summed E-state index contributed by atoms with van der Waals surface area (Å²) in [5.41, 5.74) is 6.10. The number of aliphatic hydroxyl groups excluding tert-OH is 1. The van der Waals surface area contributed by atoms with E-state index < -0.39 is 0 Å². The predicted octanol–water partition coefficient (Wildman–Crippen LogP) is 1.31. The lowest BCUT2D eigenvalue weighted by molar-refractivity contribution is -0.127. The average Bonchev–Trinajstić information content (AvgIpc) is 2.57. The largest absolute Gasteiger partial charge is 0.391 e. The number of nitrogens with one attached hydrogen (secondary N) is 1. The highest BCUT2D eigenvalue weighted by Gasteiger charge is 2.31. The molecular weight excluding hydrogens is 228 g/mol. The number of hydrogen-bond acceptors (Lipinski definition) is 3. The Morgan fingerprint density at radius 1 is 1.00 bits per heavy atom. The molecule has 2 saturated carbocycles. The van der Waals surface area contributed by atoms with Gasteiger partial charge in [-0.05, 0) is 25.7 Å². The molecule has 0 heterocycles. The zero-order chi connectivity index (χ0) is 13.0. The first-order valence-electron chi connectivity index (χ1n) is 7.42. The Morgan fingerprint density at radius 2 is 1.67 bits per heavy atom. The van der Waals surface area contributed by atoms with E-state index in [-0.39, 0.29) is 30.0 Å². The molecule has 0 aromatic carbocycles. The molecule has 2 rings (SSSR count). The minimum Gasteiger partial charge on any atom is -0.391 e. The summed E-state index contributed by atoms with van der Waals surface area (Å²) in [5.74, 6) is 0.0111. The summed E-state index contributed by atoms with van der Waals surface area (Å²) in [5, 5.41) is 12.9. The Bertz CT molecular complexity index is 283. The fourth-order valence-electron chi connectivity index (χ4n) is 3.23. The third-order valence-electron chi connectivity index (χ3n) is 4.46. The van der Waals surface area contributed by atoms with E-state index in [0.29, 0.717) is 0 Å². The average molecular weight is 254 g/mol. The molecule has 4 heteroatoms. The Kier molecular flexibility index (Phi) is 5.01. The zero-order valence-corrected chi connectivity index (χ0v) is 11.1. The molecule has 18 heavy (non-hydrogen) atoms. The highest BCUT2D eigenvalue weighted by atomic mass is 16.3. The molecule has 2 fully saturated rings. The van der Waals surface area contributed by atoms with Crippen molar-refractivity contribution >= 4 is 5.91 Å². The van der Waals surface area contributed by atoms with Gasteiger partial charge in [0.05, 0.1) is 18.1 Å². The van der Waals surface area contributed by atoms with Crippen LogP contribution in [0.15, 0.2) is 0 Å². The lowest BCUT2D eigenvalue weighted by Gasteiger charge is -2.30. The Hall–Kier alpha value is -0.610. The Labute approximate surface area is 109 Å². The summed E-state index contributed by atoms with van der Waals surface area (Å²) < 4.78 is 0. The van der Waals surface area contributed by atoms with Crippen LogP contribution in [0.4, 0.5) is 0 Å². The van der Waals surface area contributed by atoms with Crippen molar-refractivity contribution in [1.29, 1.82) is 0 Å². The predicted molar refractivity (Wildman–Crippen MR) is 71.0 cm³/mol. The van der Waals surface area contributed by atoms with Crippen LogP contribution in [-0.2, 0) is 4.79 Å². The van der Waals surface area contributed by atoms with E-state index in [1.165, 1.54) is 6.42 Å². The van der Waals surface area contributed by atoms with E-state index in [1.54, 1.807) is 0 Å². The summed E-state index contributed by atoms with van der Waals surface area (Å²) in [6.07, 6.45) is 8.76. The van der Waals surface area contributed by atoms with Crippen LogP contribution in [0, 0.1) is 5.92 Å². The Morgan fingerprint density at radius 3 is 2.44 bits per heavy atom. The van der Waals surface area contributed by atoms with E-state index in [4.69, 9.17) is 5.73 Å². The number of carbonyl (C=O) groups excluding carboxylic acids is 1. The number of nitrogens with two attached hydrogens (primary N) is 1. The fourth-order valence-corrected chi connectivity index (χ4v) is 3.23. The van der Waals surface area contributed by atoms with Gasteiger partial charge >= 0.3 is 0 Å². The van der Waals surface area contributed by atoms with Gasteiger partial charge in [0.1, 0.15) is 0 Å². The maximum atomic E-state index is 12.3. The van der Waals surface area contributed by atoms with Gasteiger partial charge in [-0.3, -0.25) is 4.79 Å². The van der Waals surface area contributed by atoms with E-state index in [2.05, 4.69) is 5.32 Å². The molecule has 0 bridgehead atoms. The van der Waals surface area contributed by atoms with Gasteiger partial charge in [0.25, 0.3) is 0 Å². The van der Waals surface area contributed by atoms with E-state index in [0.717, 1.165) is 51.4 Å². The molecule has 0 spiro atoms. The molecule has 104 valence electrons. The Balaban J connectivity index is 1.89. The summed E-state index contributed by atoms with van der Waals surface area (Å²) in [6, 6.07) is -0.0602. The van der Waals surface area contributed by atoms with Crippen LogP contribution in [0.5, 0.6) is 0 Å². The third-order valence-corrected chi connectivity index (χ3v) is 4.46. The van der Waals surface area contributed by atoms with Crippen molar-refractivity contribution in [2.24, 2.45) is 11.7 Å². The molecule has 1 amide bonds. The minimum absolute atomic E-state index is 0.00627. The lowest BCUT2D eigenvalue weighted by Crippen LogP contribution is -2.50. The molecule has 0 radical (unpaired) electrons. The normalized spacial score (nSPS) is 37.9. The standard InChI is InChI=1S/C14H26N2O2/c15-11-7-3-1-2-6-10(11)14(18)16-12-8-4-5-9-13(12)17/h10-13,17H,1-9,15H2,(H,16,18)/t10?,11?,12-,13-/m0/s1. The summed E-state index contributed by atoms with van der Waals surface area (Å²) in [7, 11) is 0. The number of hydrogen-bond donors (Lipinski definition) is 3. The molecule has 2 aliphatic rings. The SMILES string of the molecule is NC1CCCCCC1C(=O)N[C@H]1CCCC[C@@H]1O. The van der Waals surface area contributed by atoms with Crippen LogP contribution >= 0.6 is 0 Å². The van der Waals surface area contributed by atoms with Crippen molar-refractivity contribution in [3.05, 3.63) is 0 Å². The van der Waals surface area contributed by atoms with Crippen molar-refractivity contribution in [3.8, 4) is 0 Å². The van der Waals surface area contributed by atoms with Crippen molar-refractivity contribution in [2.75, 3.05) is 0 Å². The summed E-state index contributed by atoms with van der Waals surface area (Å²) in [6.45, 7) is 0. The first kappa shape index (κ1) is 13.8. The van der Waals surface area contributed by atoms with Gasteiger partial charge in [-0.2, -0.15) is 0 Å². The topological polar surface area (TPSA) is 75.4 Å². The molecule has 2 aliphatic carbocycles. The molecular formula is C14H26N2O2.